The molecule has 0 unspecified atom stereocenters. The van der Waals surface area contributed by atoms with Gasteiger partial charge < -0.3 is 26.6 Å². The van der Waals surface area contributed by atoms with Gasteiger partial charge in [0.2, 0.25) is 0 Å². The number of rotatable bonds is 14. The number of aliphatic hydroxyl groups excluding tert-OH is 1. The van der Waals surface area contributed by atoms with Crippen LogP contribution in [0.15, 0.2) is 0 Å². The Hall–Kier alpha value is 0.400. The Morgan fingerprint density at radius 3 is 1.40 bits per heavy atom. The van der Waals surface area contributed by atoms with Gasteiger partial charge in [-0.15, -0.1) is 0 Å². The van der Waals surface area contributed by atoms with Gasteiger partial charge in [0.05, 0.1) is 26.7 Å². The lowest BCUT2D eigenvalue weighted by atomic mass is 10.1. The summed E-state index contributed by atoms with van der Waals surface area (Å²) < 4.78 is 1.23. The summed E-state index contributed by atoms with van der Waals surface area (Å²) in [4.78, 5) is 0. The van der Waals surface area contributed by atoms with E-state index in [9.17, 15) is 0 Å². The summed E-state index contributed by atoms with van der Waals surface area (Å²) in [6.07, 6.45) is 13.1. The van der Waals surface area contributed by atoms with Crippen LogP contribution in [-0.4, -0.2) is 42.9 Å². The molecular weight excluding hydrogens is 314 g/mol. The van der Waals surface area contributed by atoms with Crippen molar-refractivity contribution in [2.24, 2.45) is 0 Å². The maximum absolute atomic E-state index is 8.95. The van der Waals surface area contributed by atoms with Crippen LogP contribution in [0.25, 0.3) is 0 Å². The number of unbranched alkanes of at least 4 members (excludes halogenated alkanes) is 7. The molecule has 0 saturated carbocycles. The van der Waals surface area contributed by atoms with E-state index >= 15 is 0 Å². The summed E-state index contributed by atoms with van der Waals surface area (Å²) in [5.41, 5.74) is 0. The van der Waals surface area contributed by atoms with Crippen molar-refractivity contribution >= 4 is 0 Å². The average Bonchev–Trinajstić information content (AvgIpc) is 2.41. The smallest absolute Gasteiger partial charge is 0.0785 e. The monoisotopic (exact) mass is 351 g/mol. The topological polar surface area (TPSA) is 20.2 Å². The third kappa shape index (κ3) is 13.4. The van der Waals surface area contributed by atoms with Crippen LogP contribution >= 0.6 is 0 Å². The highest BCUT2D eigenvalue weighted by Crippen LogP contribution is 2.13. The fraction of sp³-hybridized carbons (Fsp3) is 1.00. The van der Waals surface area contributed by atoms with Crippen molar-refractivity contribution in [2.75, 3.05) is 33.3 Å². The molecule has 3 heteroatoms. The molecule has 0 bridgehead atoms. The van der Waals surface area contributed by atoms with Gasteiger partial charge in [-0.2, -0.15) is 0 Å². The van der Waals surface area contributed by atoms with Crippen molar-refractivity contribution in [3.63, 3.8) is 0 Å². The van der Waals surface area contributed by atoms with Crippen LogP contribution in [0.2, 0.25) is 0 Å². The van der Waals surface area contributed by atoms with Gasteiger partial charge in [0.25, 0.3) is 0 Å². The quantitative estimate of drug-likeness (QED) is 0.370. The number of hydrogen-bond acceptors (Lipinski definition) is 1. The van der Waals surface area contributed by atoms with Crippen molar-refractivity contribution in [1.82, 2.24) is 0 Å². The largest absolute Gasteiger partial charge is 1.00 e. The number of quaternary nitrogens is 1. The molecule has 0 heterocycles. The minimum Gasteiger partial charge on any atom is -1.00 e. The molecule has 0 spiro atoms. The van der Waals surface area contributed by atoms with E-state index in [2.05, 4.69) is 20.9 Å². The Balaban J connectivity index is 0. The lowest BCUT2D eigenvalue weighted by Gasteiger charge is -2.35. The average molecular weight is 352 g/mol. The Morgan fingerprint density at radius 1 is 0.650 bits per heavy atom. The Bertz CT molecular complexity index is 176. The van der Waals surface area contributed by atoms with Crippen LogP contribution in [0.4, 0.5) is 0 Å². The van der Waals surface area contributed by atoms with Crippen LogP contribution in [0.5, 0.6) is 0 Å². The highest BCUT2D eigenvalue weighted by molar-refractivity contribution is 4.48. The Kier molecular flexibility index (Phi) is 17.9. The fourth-order valence-electron chi connectivity index (χ4n) is 2.78. The molecule has 0 atom stereocenters. The lowest BCUT2D eigenvalue weighted by molar-refractivity contribution is -0.910. The standard InChI is InChI=1S/C17H38NO.BrH/c1-4-6-8-10-14-18(3,16-12-13-17-19)15-11-9-7-5-2;/h19H,4-17H2,1-3H3;1H/q+1;/p-1. The first kappa shape index (κ1) is 22.7. The zero-order valence-electron chi connectivity index (χ0n) is 14.2. The minimum atomic E-state index is 0. The summed E-state index contributed by atoms with van der Waals surface area (Å²) >= 11 is 0. The van der Waals surface area contributed by atoms with Gasteiger partial charge in [0, 0.05) is 6.61 Å². The summed E-state index contributed by atoms with van der Waals surface area (Å²) in [5, 5.41) is 8.95. The van der Waals surface area contributed by atoms with Crippen LogP contribution in [0.3, 0.4) is 0 Å². The number of nitrogens with zero attached hydrogens (tertiary/aromatic N) is 1. The van der Waals surface area contributed by atoms with Crippen molar-refractivity contribution in [1.29, 1.82) is 0 Å². The molecular formula is C17H38BrNO. The maximum atomic E-state index is 8.95. The highest BCUT2D eigenvalue weighted by Gasteiger charge is 2.19. The molecule has 20 heavy (non-hydrogen) atoms. The molecule has 0 aromatic rings. The van der Waals surface area contributed by atoms with Crippen molar-refractivity contribution in [3.8, 4) is 0 Å². The lowest BCUT2D eigenvalue weighted by Crippen LogP contribution is -3.00. The second-order valence-electron chi connectivity index (χ2n) is 6.34. The molecule has 0 saturated heterocycles. The number of hydrogen-bond donors (Lipinski definition) is 1. The van der Waals surface area contributed by atoms with E-state index in [-0.39, 0.29) is 17.0 Å². The normalized spacial score (nSPS) is 11.4. The third-order valence-corrected chi connectivity index (χ3v) is 4.21. The van der Waals surface area contributed by atoms with Crippen LogP contribution in [0, 0.1) is 0 Å². The first-order valence-electron chi connectivity index (χ1n) is 8.63. The van der Waals surface area contributed by atoms with Crippen LogP contribution < -0.4 is 17.0 Å². The van der Waals surface area contributed by atoms with Crippen LogP contribution in [0.1, 0.15) is 78.1 Å². The van der Waals surface area contributed by atoms with E-state index in [0.29, 0.717) is 6.61 Å². The SMILES string of the molecule is CCCCCC[N+](C)(CCCCO)CCCCCC.[Br-]. The van der Waals surface area contributed by atoms with E-state index in [1.807, 2.05) is 0 Å². The van der Waals surface area contributed by atoms with Crippen LogP contribution in [-0.2, 0) is 0 Å². The first-order valence-corrected chi connectivity index (χ1v) is 8.63. The molecule has 0 aliphatic carbocycles. The van der Waals surface area contributed by atoms with Crippen molar-refractivity contribution in [3.05, 3.63) is 0 Å². The summed E-state index contributed by atoms with van der Waals surface area (Å²) in [5.74, 6) is 0. The summed E-state index contributed by atoms with van der Waals surface area (Å²) in [6.45, 7) is 8.82. The molecule has 0 amide bonds. The molecule has 0 aliphatic heterocycles. The third-order valence-electron chi connectivity index (χ3n) is 4.21. The second-order valence-corrected chi connectivity index (χ2v) is 6.34. The molecule has 2 nitrogen and oxygen atoms in total. The predicted octanol–water partition coefficient (Wildman–Crippen LogP) is 1.37. The number of aliphatic hydroxyl groups is 1. The van der Waals surface area contributed by atoms with Crippen molar-refractivity contribution in [2.45, 2.75) is 78.1 Å². The van der Waals surface area contributed by atoms with E-state index < -0.39 is 0 Å². The zero-order valence-corrected chi connectivity index (χ0v) is 15.8. The van der Waals surface area contributed by atoms with Gasteiger partial charge in [-0.1, -0.05) is 39.5 Å². The van der Waals surface area contributed by atoms with Gasteiger partial charge in [-0.25, -0.2) is 0 Å². The molecule has 1 N–H and O–H groups in total. The molecule has 0 aliphatic rings. The summed E-state index contributed by atoms with van der Waals surface area (Å²) in [7, 11) is 2.43. The van der Waals surface area contributed by atoms with Crippen molar-refractivity contribution < 1.29 is 26.6 Å². The van der Waals surface area contributed by atoms with Gasteiger partial charge in [0.1, 0.15) is 0 Å². The predicted molar refractivity (Wildman–Crippen MR) is 85.4 cm³/mol. The Morgan fingerprint density at radius 2 is 1.05 bits per heavy atom. The van der Waals surface area contributed by atoms with Gasteiger partial charge >= 0.3 is 0 Å². The first-order chi connectivity index (χ1) is 9.18. The molecule has 124 valence electrons. The van der Waals surface area contributed by atoms with Gasteiger partial charge in [-0.05, 0) is 38.5 Å². The summed E-state index contributed by atoms with van der Waals surface area (Å²) in [6, 6.07) is 0. The number of halogens is 1. The molecule has 0 radical (unpaired) electrons. The fourth-order valence-corrected chi connectivity index (χ4v) is 2.78. The van der Waals surface area contributed by atoms with Gasteiger partial charge in [0.15, 0.2) is 0 Å². The van der Waals surface area contributed by atoms with Gasteiger partial charge in [-0.3, -0.25) is 0 Å². The Labute approximate surface area is 138 Å². The second kappa shape index (κ2) is 15.8. The zero-order chi connectivity index (χ0) is 14.4. The highest BCUT2D eigenvalue weighted by atomic mass is 79.9. The molecule has 0 rings (SSSR count). The molecule has 0 aromatic heterocycles. The van der Waals surface area contributed by atoms with E-state index in [4.69, 9.17) is 5.11 Å². The van der Waals surface area contributed by atoms with E-state index in [0.717, 1.165) is 6.42 Å². The van der Waals surface area contributed by atoms with E-state index in [1.165, 1.54) is 81.9 Å². The minimum absolute atomic E-state index is 0. The molecule has 0 aromatic carbocycles. The van der Waals surface area contributed by atoms with E-state index in [1.54, 1.807) is 0 Å². The molecule has 0 fully saturated rings. The maximum Gasteiger partial charge on any atom is 0.0785 e.